The third-order valence-corrected chi connectivity index (χ3v) is 8.06. The van der Waals surface area contributed by atoms with Crippen LogP contribution in [0.5, 0.6) is 0 Å². The quantitative estimate of drug-likeness (QED) is 0.0484. The van der Waals surface area contributed by atoms with E-state index < -0.39 is 49.5 Å². The lowest BCUT2D eigenvalue weighted by Gasteiger charge is -2.40. The van der Waals surface area contributed by atoms with Crippen LogP contribution in [-0.2, 0) is 14.3 Å². The second-order valence-corrected chi connectivity index (χ2v) is 12.3. The molecule has 0 aliphatic carbocycles. The van der Waals surface area contributed by atoms with Crippen molar-refractivity contribution in [2.75, 3.05) is 13.2 Å². The summed E-state index contributed by atoms with van der Waals surface area (Å²) < 4.78 is 11.1. The van der Waals surface area contributed by atoms with Crippen molar-refractivity contribution in [1.29, 1.82) is 0 Å². The van der Waals surface area contributed by atoms with Crippen LogP contribution in [0.4, 0.5) is 0 Å². The molecule has 9 heteroatoms. The van der Waals surface area contributed by atoms with Crippen LogP contribution in [0.3, 0.4) is 0 Å². The minimum absolute atomic E-state index is 0.207. The number of hydrogen-bond acceptors (Lipinski definition) is 8. The van der Waals surface area contributed by atoms with E-state index in [1.165, 1.54) is 19.3 Å². The summed E-state index contributed by atoms with van der Waals surface area (Å²) in [6.07, 6.45) is 28.6. The number of allylic oxidation sites excluding steroid dienone is 9. The van der Waals surface area contributed by atoms with Crippen LogP contribution in [0.25, 0.3) is 0 Å². The normalized spacial score (nSPS) is 23.6. The van der Waals surface area contributed by atoms with Crippen LogP contribution in [0.2, 0.25) is 0 Å². The van der Waals surface area contributed by atoms with Crippen molar-refractivity contribution in [3.05, 3.63) is 60.8 Å². The smallest absolute Gasteiger partial charge is 0.220 e. The van der Waals surface area contributed by atoms with Gasteiger partial charge in [0, 0.05) is 6.42 Å². The third kappa shape index (κ3) is 20.8. The lowest BCUT2D eigenvalue weighted by atomic mass is 9.99. The summed E-state index contributed by atoms with van der Waals surface area (Å²) in [7, 11) is 0. The van der Waals surface area contributed by atoms with Crippen LogP contribution in [0.15, 0.2) is 60.8 Å². The fraction of sp³-hybridized carbons (Fsp3) is 0.711. The Balaban J connectivity index is 2.41. The number of aliphatic hydroxyl groups excluding tert-OH is 5. The average molecular weight is 664 g/mol. The molecule has 1 amide bonds. The van der Waals surface area contributed by atoms with Gasteiger partial charge in [0.05, 0.1) is 25.4 Å². The van der Waals surface area contributed by atoms with Crippen molar-refractivity contribution in [2.24, 2.45) is 0 Å². The van der Waals surface area contributed by atoms with Crippen molar-refractivity contribution in [2.45, 2.75) is 159 Å². The van der Waals surface area contributed by atoms with Gasteiger partial charge in [0.1, 0.15) is 24.4 Å². The van der Waals surface area contributed by atoms with Gasteiger partial charge in [-0.15, -0.1) is 0 Å². The maximum absolute atomic E-state index is 12.8. The van der Waals surface area contributed by atoms with Crippen molar-refractivity contribution in [1.82, 2.24) is 5.32 Å². The summed E-state index contributed by atoms with van der Waals surface area (Å²) in [6, 6.07) is -0.824. The van der Waals surface area contributed by atoms with Gasteiger partial charge < -0.3 is 40.3 Å². The number of amides is 1. The fourth-order valence-corrected chi connectivity index (χ4v) is 5.13. The first kappa shape index (κ1) is 42.9. The van der Waals surface area contributed by atoms with Crippen molar-refractivity contribution in [3.8, 4) is 0 Å². The maximum atomic E-state index is 12.8. The molecular formula is C38H65NO8. The molecule has 0 aromatic rings. The molecule has 1 saturated heterocycles. The lowest BCUT2D eigenvalue weighted by molar-refractivity contribution is -0.302. The highest BCUT2D eigenvalue weighted by molar-refractivity contribution is 5.76. The molecule has 0 bridgehead atoms. The van der Waals surface area contributed by atoms with Gasteiger partial charge in [0.25, 0.3) is 0 Å². The second-order valence-electron chi connectivity index (χ2n) is 12.3. The monoisotopic (exact) mass is 663 g/mol. The topological polar surface area (TPSA) is 149 Å². The molecule has 0 aromatic heterocycles. The maximum Gasteiger partial charge on any atom is 0.220 e. The Morgan fingerprint density at radius 1 is 0.745 bits per heavy atom. The Morgan fingerprint density at radius 2 is 1.34 bits per heavy atom. The zero-order valence-corrected chi connectivity index (χ0v) is 29.0. The first-order valence-corrected chi connectivity index (χ1v) is 18.0. The Labute approximate surface area is 284 Å². The molecule has 1 fully saturated rings. The van der Waals surface area contributed by atoms with E-state index in [1.54, 1.807) is 6.08 Å². The van der Waals surface area contributed by atoms with Crippen molar-refractivity contribution in [3.63, 3.8) is 0 Å². The van der Waals surface area contributed by atoms with E-state index in [9.17, 15) is 30.3 Å². The van der Waals surface area contributed by atoms with Crippen LogP contribution in [0, 0.1) is 0 Å². The molecule has 1 aliphatic rings. The number of carbonyl (C=O) groups is 1. The summed E-state index contributed by atoms with van der Waals surface area (Å²) in [5, 5.41) is 53.6. The molecule has 0 aromatic carbocycles. The molecule has 1 aliphatic heterocycles. The number of aliphatic hydroxyl groups is 5. The molecule has 6 N–H and O–H groups in total. The van der Waals surface area contributed by atoms with Gasteiger partial charge in [-0.1, -0.05) is 113 Å². The molecule has 0 radical (unpaired) electrons. The molecule has 1 heterocycles. The molecular weight excluding hydrogens is 598 g/mol. The number of ether oxygens (including phenoxy) is 2. The average Bonchev–Trinajstić information content (AvgIpc) is 3.07. The van der Waals surface area contributed by atoms with E-state index in [4.69, 9.17) is 9.47 Å². The van der Waals surface area contributed by atoms with Crippen molar-refractivity contribution >= 4 is 5.91 Å². The number of unbranched alkanes of at least 4 members (excludes halogenated alkanes) is 9. The number of hydrogen-bond donors (Lipinski definition) is 6. The zero-order valence-electron chi connectivity index (χ0n) is 29.0. The van der Waals surface area contributed by atoms with Gasteiger partial charge in [0.15, 0.2) is 6.29 Å². The lowest BCUT2D eigenvalue weighted by Crippen LogP contribution is -2.60. The fourth-order valence-electron chi connectivity index (χ4n) is 5.13. The second kappa shape index (κ2) is 28.9. The molecule has 0 spiro atoms. The van der Waals surface area contributed by atoms with Gasteiger partial charge in [-0.2, -0.15) is 0 Å². The summed E-state index contributed by atoms with van der Waals surface area (Å²) >= 11 is 0. The van der Waals surface area contributed by atoms with Gasteiger partial charge >= 0.3 is 0 Å². The molecule has 9 nitrogen and oxygen atoms in total. The van der Waals surface area contributed by atoms with Crippen LogP contribution >= 0.6 is 0 Å². The molecule has 47 heavy (non-hydrogen) atoms. The van der Waals surface area contributed by atoms with Crippen LogP contribution in [0.1, 0.15) is 117 Å². The summed E-state index contributed by atoms with van der Waals surface area (Å²) in [5.41, 5.74) is 0. The van der Waals surface area contributed by atoms with Gasteiger partial charge in [-0.3, -0.25) is 4.79 Å². The number of nitrogens with one attached hydrogen (secondary N) is 1. The van der Waals surface area contributed by atoms with E-state index in [-0.39, 0.29) is 12.5 Å². The Bertz CT molecular complexity index is 915. The number of rotatable bonds is 27. The van der Waals surface area contributed by atoms with E-state index in [1.807, 2.05) is 6.08 Å². The molecule has 0 saturated carbocycles. The minimum atomic E-state index is -1.57. The summed E-state index contributed by atoms with van der Waals surface area (Å²) in [5.74, 6) is -0.207. The Morgan fingerprint density at radius 3 is 2.02 bits per heavy atom. The summed E-state index contributed by atoms with van der Waals surface area (Å²) in [6.45, 7) is 3.48. The standard InChI is InChI=1S/C38H65NO8/c1-3-5-7-9-11-12-13-14-15-16-17-18-19-20-22-24-26-28-34(42)39-31(32(41)27-25-23-21-10-8-6-4-2)30-46-38-37(45)36(44)35(43)33(29-40)47-38/h5,7-8,10-12,14-15,25,27,31-33,35-38,40-41,43-45H,3-4,6,9,13,16-24,26,28-30H2,1-2H3,(H,39,42)/b7-5-,10-8+,12-11-,15-14-,27-25+. The van der Waals surface area contributed by atoms with Gasteiger partial charge in [-0.25, -0.2) is 0 Å². The van der Waals surface area contributed by atoms with E-state index in [2.05, 4.69) is 67.8 Å². The van der Waals surface area contributed by atoms with E-state index in [0.717, 1.165) is 77.0 Å². The summed E-state index contributed by atoms with van der Waals surface area (Å²) in [4.78, 5) is 12.8. The van der Waals surface area contributed by atoms with Crippen molar-refractivity contribution < 1.29 is 39.8 Å². The first-order valence-electron chi connectivity index (χ1n) is 18.0. The van der Waals surface area contributed by atoms with Crippen LogP contribution < -0.4 is 5.32 Å². The SMILES string of the molecule is CC/C=C\C/C=C\C/C=C\CCCCCCCCCC(=O)NC(COC1OC(CO)C(O)C(O)C1O)C(O)/C=C/CC/C=C/CCC. The highest BCUT2D eigenvalue weighted by Crippen LogP contribution is 2.22. The van der Waals surface area contributed by atoms with E-state index >= 15 is 0 Å². The van der Waals surface area contributed by atoms with Crippen LogP contribution in [-0.4, -0.2) is 87.5 Å². The molecule has 270 valence electrons. The Kier molecular flexibility index (Phi) is 26.4. The van der Waals surface area contributed by atoms with Gasteiger partial charge in [-0.05, 0) is 57.8 Å². The Hall–Kier alpha value is -2.11. The van der Waals surface area contributed by atoms with E-state index in [0.29, 0.717) is 6.42 Å². The largest absolute Gasteiger partial charge is 0.394 e. The molecule has 7 atom stereocenters. The first-order chi connectivity index (χ1) is 22.8. The predicted octanol–water partition coefficient (Wildman–Crippen LogP) is 5.71. The highest BCUT2D eigenvalue weighted by atomic mass is 16.7. The van der Waals surface area contributed by atoms with Gasteiger partial charge in [0.2, 0.25) is 5.91 Å². The highest BCUT2D eigenvalue weighted by Gasteiger charge is 2.44. The molecule has 1 rings (SSSR count). The minimum Gasteiger partial charge on any atom is -0.394 e. The zero-order chi connectivity index (χ0) is 34.5. The molecule has 7 unspecified atom stereocenters. The third-order valence-electron chi connectivity index (χ3n) is 8.06. The predicted molar refractivity (Wildman–Crippen MR) is 189 cm³/mol. The number of carbonyl (C=O) groups excluding carboxylic acids is 1.